The van der Waals surface area contributed by atoms with Gasteiger partial charge in [0.25, 0.3) is 5.69 Å². The molecule has 0 atom stereocenters. The van der Waals surface area contributed by atoms with Gasteiger partial charge in [0, 0.05) is 18.2 Å². The monoisotopic (exact) mass is 279 g/mol. The fourth-order valence-electron chi connectivity index (χ4n) is 1.76. The quantitative estimate of drug-likeness (QED) is 0.688. The maximum atomic E-state index is 13.8. The van der Waals surface area contributed by atoms with Gasteiger partial charge < -0.3 is 5.32 Å². The Morgan fingerprint density at radius 1 is 1.30 bits per heavy atom. The summed E-state index contributed by atoms with van der Waals surface area (Å²) in [6.07, 6.45) is 0. The number of aromatic nitrogens is 1. The summed E-state index contributed by atoms with van der Waals surface area (Å²) >= 11 is 0. The number of halogens is 2. The molecule has 0 amide bonds. The van der Waals surface area contributed by atoms with E-state index in [2.05, 4.69) is 10.3 Å². The number of anilines is 1. The topological polar surface area (TPSA) is 68.1 Å². The van der Waals surface area contributed by atoms with Crippen molar-refractivity contribution in [2.75, 3.05) is 11.9 Å². The first-order valence-corrected chi connectivity index (χ1v) is 5.88. The predicted molar refractivity (Wildman–Crippen MR) is 70.4 cm³/mol. The van der Waals surface area contributed by atoms with E-state index >= 15 is 0 Å². The molecule has 0 aliphatic rings. The van der Waals surface area contributed by atoms with Crippen molar-refractivity contribution in [3.63, 3.8) is 0 Å². The molecule has 0 aliphatic carbocycles. The Morgan fingerprint density at radius 2 is 2.05 bits per heavy atom. The van der Waals surface area contributed by atoms with Crippen molar-refractivity contribution < 1.29 is 13.7 Å². The Hall–Kier alpha value is -2.57. The lowest BCUT2D eigenvalue weighted by Gasteiger charge is -2.07. The van der Waals surface area contributed by atoms with Crippen LogP contribution in [0.3, 0.4) is 0 Å². The molecule has 0 spiro atoms. The lowest BCUT2D eigenvalue weighted by atomic mass is 10.1. The van der Waals surface area contributed by atoms with Crippen LogP contribution in [0.25, 0.3) is 11.3 Å². The summed E-state index contributed by atoms with van der Waals surface area (Å²) in [6, 6.07) is 6.11. The molecule has 0 unspecified atom stereocenters. The van der Waals surface area contributed by atoms with Crippen LogP contribution in [0, 0.1) is 21.7 Å². The van der Waals surface area contributed by atoms with E-state index in [0.717, 1.165) is 6.07 Å². The lowest BCUT2D eigenvalue weighted by molar-refractivity contribution is -0.384. The van der Waals surface area contributed by atoms with Crippen molar-refractivity contribution in [2.45, 2.75) is 6.92 Å². The van der Waals surface area contributed by atoms with Crippen LogP contribution in [0.4, 0.5) is 20.3 Å². The average molecular weight is 279 g/mol. The zero-order valence-electron chi connectivity index (χ0n) is 10.6. The van der Waals surface area contributed by atoms with E-state index in [-0.39, 0.29) is 16.9 Å². The zero-order valence-corrected chi connectivity index (χ0v) is 10.6. The minimum Gasteiger partial charge on any atom is -0.370 e. The van der Waals surface area contributed by atoms with Crippen molar-refractivity contribution in [3.8, 4) is 11.3 Å². The molecule has 2 rings (SSSR count). The van der Waals surface area contributed by atoms with Gasteiger partial charge in [-0.25, -0.2) is 13.8 Å². The van der Waals surface area contributed by atoms with Crippen LogP contribution in [-0.4, -0.2) is 16.5 Å². The summed E-state index contributed by atoms with van der Waals surface area (Å²) in [7, 11) is 0. The van der Waals surface area contributed by atoms with Gasteiger partial charge in [-0.2, -0.15) is 0 Å². The highest BCUT2D eigenvalue weighted by molar-refractivity contribution is 5.71. The van der Waals surface area contributed by atoms with Crippen LogP contribution in [0.1, 0.15) is 6.92 Å². The number of pyridine rings is 1. The number of hydrogen-bond acceptors (Lipinski definition) is 4. The molecule has 0 saturated heterocycles. The molecule has 1 aromatic heterocycles. The van der Waals surface area contributed by atoms with Gasteiger partial charge in [-0.1, -0.05) is 6.07 Å². The van der Waals surface area contributed by atoms with Crippen molar-refractivity contribution in [1.29, 1.82) is 0 Å². The van der Waals surface area contributed by atoms with Gasteiger partial charge in [0.1, 0.15) is 5.82 Å². The van der Waals surface area contributed by atoms with E-state index in [0.29, 0.717) is 12.4 Å². The second-order valence-electron chi connectivity index (χ2n) is 3.95. The first-order valence-electron chi connectivity index (χ1n) is 5.88. The third-order valence-corrected chi connectivity index (χ3v) is 2.64. The first-order chi connectivity index (χ1) is 9.54. The summed E-state index contributed by atoms with van der Waals surface area (Å²) in [4.78, 5) is 14.3. The fourth-order valence-corrected chi connectivity index (χ4v) is 1.76. The van der Waals surface area contributed by atoms with E-state index < -0.39 is 16.6 Å². The predicted octanol–water partition coefficient (Wildman–Crippen LogP) is 3.37. The molecule has 2 aromatic rings. The maximum Gasteiger partial charge on any atom is 0.295 e. The average Bonchev–Trinajstić information content (AvgIpc) is 2.42. The second-order valence-corrected chi connectivity index (χ2v) is 3.95. The van der Waals surface area contributed by atoms with Gasteiger partial charge in [-0.15, -0.1) is 0 Å². The Morgan fingerprint density at radius 3 is 2.70 bits per heavy atom. The van der Waals surface area contributed by atoms with E-state index in [1.165, 1.54) is 24.3 Å². The normalized spacial score (nSPS) is 10.3. The Kier molecular flexibility index (Phi) is 3.88. The minimum atomic E-state index is -1.16. The highest BCUT2D eigenvalue weighted by Gasteiger charge is 2.21. The lowest BCUT2D eigenvalue weighted by Crippen LogP contribution is -2.03. The molecule has 0 radical (unpaired) electrons. The molecule has 7 heteroatoms. The van der Waals surface area contributed by atoms with Crippen LogP contribution in [-0.2, 0) is 0 Å². The molecule has 1 aromatic carbocycles. The SMILES string of the molecule is CCNc1ccc([N+](=O)[O-])c(-c2cccc(F)c2F)n1. The Balaban J connectivity index is 2.66. The third kappa shape index (κ3) is 2.56. The maximum absolute atomic E-state index is 13.8. The van der Waals surface area contributed by atoms with Crippen LogP contribution in [0.5, 0.6) is 0 Å². The summed E-state index contributed by atoms with van der Waals surface area (Å²) in [5.41, 5.74) is -0.821. The van der Waals surface area contributed by atoms with Crippen molar-refractivity contribution in [1.82, 2.24) is 4.98 Å². The molecule has 20 heavy (non-hydrogen) atoms. The van der Waals surface area contributed by atoms with Gasteiger partial charge in [-0.3, -0.25) is 10.1 Å². The number of rotatable bonds is 4. The third-order valence-electron chi connectivity index (χ3n) is 2.64. The standard InChI is InChI=1S/C13H11F2N3O2/c1-2-16-11-7-6-10(18(19)20)13(17-11)8-4-3-5-9(14)12(8)15/h3-7H,2H2,1H3,(H,16,17). The van der Waals surface area contributed by atoms with E-state index in [1.54, 1.807) is 0 Å². The molecule has 1 heterocycles. The van der Waals surface area contributed by atoms with Gasteiger partial charge in [0.15, 0.2) is 17.3 Å². The molecule has 0 fully saturated rings. The summed E-state index contributed by atoms with van der Waals surface area (Å²) < 4.78 is 27.0. The van der Waals surface area contributed by atoms with E-state index in [9.17, 15) is 18.9 Å². The number of benzene rings is 1. The first kappa shape index (κ1) is 13.9. The largest absolute Gasteiger partial charge is 0.370 e. The number of nitro groups is 1. The van der Waals surface area contributed by atoms with Gasteiger partial charge in [0.05, 0.1) is 4.92 Å². The highest BCUT2D eigenvalue weighted by atomic mass is 19.2. The van der Waals surface area contributed by atoms with Crippen molar-refractivity contribution >= 4 is 11.5 Å². The van der Waals surface area contributed by atoms with Gasteiger partial charge in [-0.05, 0) is 25.1 Å². The van der Waals surface area contributed by atoms with Crippen LogP contribution in [0.2, 0.25) is 0 Å². The highest BCUT2D eigenvalue weighted by Crippen LogP contribution is 2.31. The summed E-state index contributed by atoms with van der Waals surface area (Å²) in [5, 5.41) is 13.9. The molecule has 1 N–H and O–H groups in total. The molecular weight excluding hydrogens is 268 g/mol. The van der Waals surface area contributed by atoms with Crippen LogP contribution in [0.15, 0.2) is 30.3 Å². The van der Waals surface area contributed by atoms with Crippen molar-refractivity contribution in [2.24, 2.45) is 0 Å². The minimum absolute atomic E-state index is 0.203. The second kappa shape index (κ2) is 5.60. The summed E-state index contributed by atoms with van der Waals surface area (Å²) in [6.45, 7) is 2.38. The van der Waals surface area contributed by atoms with E-state index in [4.69, 9.17) is 0 Å². The molecule has 5 nitrogen and oxygen atoms in total. The van der Waals surface area contributed by atoms with Gasteiger partial charge >= 0.3 is 0 Å². The molecule has 0 saturated carbocycles. The zero-order chi connectivity index (χ0) is 14.7. The molecule has 104 valence electrons. The number of nitrogens with zero attached hydrogens (tertiary/aromatic N) is 2. The van der Waals surface area contributed by atoms with Crippen molar-refractivity contribution in [3.05, 3.63) is 52.1 Å². The molecule has 0 bridgehead atoms. The number of nitrogens with one attached hydrogen (secondary N) is 1. The summed E-state index contributed by atoms with van der Waals surface area (Å²) in [5.74, 6) is -1.87. The van der Waals surface area contributed by atoms with Crippen LogP contribution < -0.4 is 5.32 Å². The Labute approximate surface area is 113 Å². The Bertz CT molecular complexity index is 662. The van der Waals surface area contributed by atoms with Crippen LogP contribution >= 0.6 is 0 Å². The molecular formula is C13H11F2N3O2. The van der Waals surface area contributed by atoms with E-state index in [1.807, 2.05) is 6.92 Å². The fraction of sp³-hybridized carbons (Fsp3) is 0.154. The molecule has 0 aliphatic heterocycles. The van der Waals surface area contributed by atoms with Gasteiger partial charge in [0.2, 0.25) is 0 Å². The smallest absolute Gasteiger partial charge is 0.295 e. The number of hydrogen-bond donors (Lipinski definition) is 1.